The lowest BCUT2D eigenvalue weighted by molar-refractivity contribution is -0.367. The van der Waals surface area contributed by atoms with Gasteiger partial charge >= 0.3 is 0 Å². The van der Waals surface area contributed by atoms with Crippen LogP contribution in [0.4, 0.5) is 0 Å². The molecule has 4 saturated heterocycles. The molecule has 0 aromatic heterocycles. The van der Waals surface area contributed by atoms with Crippen molar-refractivity contribution >= 4 is 8.32 Å². The predicted molar refractivity (Wildman–Crippen MR) is 295 cm³/mol. The van der Waals surface area contributed by atoms with Gasteiger partial charge in [-0.05, 0) is 65.2 Å². The Kier molecular flexibility index (Phi) is 20.0. The van der Waals surface area contributed by atoms with Crippen LogP contribution in [0.25, 0.3) is 0 Å². The zero-order valence-electron chi connectivity index (χ0n) is 46.4. The summed E-state index contributed by atoms with van der Waals surface area (Å²) in [6.07, 6.45) is -9.37. The van der Waals surface area contributed by atoms with E-state index in [2.05, 4.69) is 41.5 Å². The Labute approximate surface area is 458 Å². The van der Waals surface area contributed by atoms with Gasteiger partial charge in [0.05, 0.1) is 52.4 Å². The SMILES string of the molecule is CC(C)[Si](O[C@@H]1O[C@@H](C)[C@H](O[C@@H]2OC[C@@H](OCc3ccccc3)[C@H](O[C@@H]3OC[C@@H](OCc4ccccc4)[C@H](OCc4ccccc4)[C@H]3OCc3ccccc3)[C@H]2OCc2ccccc2)[C@H]2OC(C)(C)O[C@@H]12)(C(C)C)C(C)C. The maximum absolute atomic E-state index is 7.44. The van der Waals surface area contributed by atoms with Crippen LogP contribution in [0, 0.1) is 0 Å². The molecule has 0 bridgehead atoms. The number of rotatable bonds is 24. The van der Waals surface area contributed by atoms with E-state index in [9.17, 15) is 0 Å². The first-order chi connectivity index (χ1) is 37.3. The van der Waals surface area contributed by atoms with Crippen LogP contribution in [-0.2, 0) is 94.3 Å². The van der Waals surface area contributed by atoms with Gasteiger partial charge in [-0.1, -0.05) is 193 Å². The first-order valence-corrected chi connectivity index (χ1v) is 29.9. The highest BCUT2D eigenvalue weighted by atomic mass is 28.4. The Morgan fingerprint density at radius 3 is 1.17 bits per heavy atom. The van der Waals surface area contributed by atoms with Crippen LogP contribution in [-0.4, -0.2) is 107 Å². The quantitative estimate of drug-likeness (QED) is 0.0546. The predicted octanol–water partition coefficient (Wildman–Crippen LogP) is 11.9. The Morgan fingerprint density at radius 2 is 0.766 bits per heavy atom. The van der Waals surface area contributed by atoms with Crippen LogP contribution < -0.4 is 0 Å². The van der Waals surface area contributed by atoms with E-state index >= 15 is 0 Å². The molecular formula is C63H82O13Si. The Hall–Kier alpha value is -4.20. The van der Waals surface area contributed by atoms with Gasteiger partial charge in [-0.3, -0.25) is 0 Å². The highest BCUT2D eigenvalue weighted by molar-refractivity contribution is 6.77. The molecule has 0 aliphatic carbocycles. The van der Waals surface area contributed by atoms with Gasteiger partial charge in [-0.2, -0.15) is 0 Å². The average molecular weight is 1080 g/mol. The summed E-state index contributed by atoms with van der Waals surface area (Å²) in [7, 11) is -2.44. The molecule has 14 heteroatoms. The largest absolute Gasteiger partial charge is 0.389 e. The molecule has 0 spiro atoms. The van der Waals surface area contributed by atoms with Crippen LogP contribution in [0.3, 0.4) is 0 Å². The smallest absolute Gasteiger partial charge is 0.203 e. The summed E-state index contributed by atoms with van der Waals surface area (Å²) in [5.74, 6) is -0.947. The second-order valence-corrected chi connectivity index (χ2v) is 27.7. The molecule has 0 N–H and O–H groups in total. The summed E-state index contributed by atoms with van der Waals surface area (Å²) in [4.78, 5) is 0. The van der Waals surface area contributed by atoms with E-state index in [-0.39, 0.29) is 33.0 Å². The zero-order chi connectivity index (χ0) is 53.9. The molecule has 77 heavy (non-hydrogen) atoms. The van der Waals surface area contributed by atoms with Gasteiger partial charge in [-0.25, -0.2) is 0 Å². The molecule has 13 nitrogen and oxygen atoms in total. The van der Waals surface area contributed by atoms with E-state index in [1.807, 2.05) is 172 Å². The highest BCUT2D eigenvalue weighted by Gasteiger charge is 2.60. The fourth-order valence-corrected chi connectivity index (χ4v) is 17.1. The first-order valence-electron chi connectivity index (χ1n) is 27.8. The van der Waals surface area contributed by atoms with Crippen LogP contribution in [0.15, 0.2) is 152 Å². The van der Waals surface area contributed by atoms with Crippen molar-refractivity contribution in [1.29, 1.82) is 0 Å². The molecule has 416 valence electrons. The molecule has 0 unspecified atom stereocenters. The Balaban J connectivity index is 1.06. The van der Waals surface area contributed by atoms with Gasteiger partial charge in [0.2, 0.25) is 8.32 Å². The summed E-state index contributed by atoms with van der Waals surface area (Å²) in [5.41, 5.74) is 5.95. The molecule has 0 radical (unpaired) electrons. The minimum Gasteiger partial charge on any atom is -0.389 e. The standard InChI is InChI=1S/C63H82O13Si/c1-42(2)77(43(3)4,44(5)6)76-62-59-56(74-63(8,9)75-59)53(45(7)71-62)72-61-58(68-39-50-33-23-14-24-34-50)55(52(41-70-61)65-36-47-27-17-11-18-28-47)73-60-57(67-38-49-31-21-13-22-32-49)54(66-37-48-29-19-12-20-30-48)51(40-69-60)64-35-46-25-15-10-16-26-46/h10-34,42-45,51-62H,35-41H2,1-9H3/t45-,51+,52+,53-,54-,55-,56+,57+,58+,59+,60-,61-,62-/m0/s1. The van der Waals surface area contributed by atoms with Crippen molar-refractivity contribution in [3.8, 4) is 0 Å². The summed E-state index contributed by atoms with van der Waals surface area (Å²) in [6, 6.07) is 50.4. The molecule has 4 fully saturated rings. The fourth-order valence-electron chi connectivity index (χ4n) is 11.7. The molecule has 0 saturated carbocycles. The molecule has 5 aromatic rings. The third kappa shape index (κ3) is 14.4. The van der Waals surface area contributed by atoms with E-state index in [0.717, 1.165) is 27.8 Å². The van der Waals surface area contributed by atoms with Crippen molar-refractivity contribution in [1.82, 2.24) is 0 Å². The van der Waals surface area contributed by atoms with E-state index in [1.165, 1.54) is 0 Å². The van der Waals surface area contributed by atoms with Gasteiger partial charge in [-0.15, -0.1) is 0 Å². The van der Waals surface area contributed by atoms with Crippen LogP contribution in [0.1, 0.15) is 90.1 Å². The number of hydrogen-bond acceptors (Lipinski definition) is 13. The highest BCUT2D eigenvalue weighted by Crippen LogP contribution is 2.47. The van der Waals surface area contributed by atoms with E-state index in [1.54, 1.807) is 0 Å². The van der Waals surface area contributed by atoms with Crippen molar-refractivity contribution in [2.75, 3.05) is 13.2 Å². The Morgan fingerprint density at radius 1 is 0.429 bits per heavy atom. The van der Waals surface area contributed by atoms with Crippen molar-refractivity contribution in [2.24, 2.45) is 0 Å². The van der Waals surface area contributed by atoms with Gasteiger partial charge in [0.1, 0.15) is 54.9 Å². The minimum atomic E-state index is -2.44. The normalized spacial score (nSPS) is 29.5. The molecule has 5 aromatic carbocycles. The Bertz CT molecular complexity index is 2470. The molecule has 9 rings (SSSR count). The maximum Gasteiger partial charge on any atom is 0.203 e. The van der Waals surface area contributed by atoms with Crippen molar-refractivity contribution in [2.45, 2.75) is 198 Å². The zero-order valence-corrected chi connectivity index (χ0v) is 47.4. The summed E-state index contributed by atoms with van der Waals surface area (Å²) in [6.45, 7) is 21.2. The van der Waals surface area contributed by atoms with E-state index in [0.29, 0.717) is 29.8 Å². The van der Waals surface area contributed by atoms with Gasteiger partial charge in [0.15, 0.2) is 24.7 Å². The van der Waals surface area contributed by atoms with Crippen LogP contribution in [0.5, 0.6) is 0 Å². The third-order valence-electron chi connectivity index (χ3n) is 15.4. The lowest BCUT2D eigenvalue weighted by Gasteiger charge is -2.50. The second-order valence-electron chi connectivity index (χ2n) is 22.3. The lowest BCUT2D eigenvalue weighted by Crippen LogP contribution is -2.65. The van der Waals surface area contributed by atoms with Crippen LogP contribution >= 0.6 is 0 Å². The number of hydrogen-bond donors (Lipinski definition) is 0. The molecule has 4 aliphatic heterocycles. The molecular weight excluding hydrogens is 993 g/mol. The number of benzene rings is 5. The van der Waals surface area contributed by atoms with Gasteiger partial charge in [0.25, 0.3) is 0 Å². The average Bonchev–Trinajstić information content (AvgIpc) is 3.88. The van der Waals surface area contributed by atoms with E-state index < -0.39 is 94.0 Å². The van der Waals surface area contributed by atoms with Crippen molar-refractivity contribution in [3.05, 3.63) is 179 Å². The van der Waals surface area contributed by atoms with Gasteiger partial charge < -0.3 is 61.3 Å². The molecule has 4 aliphatic rings. The topological polar surface area (TPSA) is 120 Å². The maximum atomic E-state index is 7.44. The van der Waals surface area contributed by atoms with Crippen LogP contribution in [0.2, 0.25) is 16.6 Å². The molecule has 13 atom stereocenters. The summed E-state index contributed by atoms with van der Waals surface area (Å²) >= 11 is 0. The summed E-state index contributed by atoms with van der Waals surface area (Å²) < 4.78 is 90.9. The van der Waals surface area contributed by atoms with Crippen molar-refractivity contribution in [3.63, 3.8) is 0 Å². The molecule has 4 heterocycles. The fraction of sp³-hybridized carbons (Fsp3) is 0.524. The van der Waals surface area contributed by atoms with E-state index in [4.69, 9.17) is 61.3 Å². The third-order valence-corrected chi connectivity index (χ3v) is 21.5. The summed E-state index contributed by atoms with van der Waals surface area (Å²) in [5, 5.41) is 0. The number of fused-ring (bicyclic) bond motifs is 1. The first kappa shape index (κ1) is 57.5. The number of ether oxygens (including phenoxy) is 12. The minimum absolute atomic E-state index is 0.0995. The lowest BCUT2D eigenvalue weighted by atomic mass is 9.98. The van der Waals surface area contributed by atoms with Gasteiger partial charge in [0, 0.05) is 0 Å². The van der Waals surface area contributed by atoms with Crippen molar-refractivity contribution < 1.29 is 61.3 Å². The monoisotopic (exact) mass is 1070 g/mol. The second kappa shape index (κ2) is 26.8. The molecule has 0 amide bonds.